The molecule has 0 unspecified atom stereocenters. The third kappa shape index (κ3) is 4.98. The van der Waals surface area contributed by atoms with E-state index in [2.05, 4.69) is 24.0 Å². The van der Waals surface area contributed by atoms with Gasteiger partial charge in [0.05, 0.1) is 11.4 Å². The van der Waals surface area contributed by atoms with Gasteiger partial charge < -0.3 is 11.1 Å². The fourth-order valence-corrected chi connectivity index (χ4v) is 0.632. The van der Waals surface area contributed by atoms with E-state index in [4.69, 9.17) is 5.73 Å². The van der Waals surface area contributed by atoms with Gasteiger partial charge in [0.1, 0.15) is 0 Å². The van der Waals surface area contributed by atoms with Crippen molar-refractivity contribution in [3.8, 4) is 0 Å². The fourth-order valence-electron chi connectivity index (χ4n) is 0.632. The first kappa shape index (κ1) is 11.6. The van der Waals surface area contributed by atoms with Crippen LogP contribution in [0.4, 0.5) is 11.4 Å². The maximum atomic E-state index is 5.50. The summed E-state index contributed by atoms with van der Waals surface area (Å²) in [5.74, 6) is 0. The van der Waals surface area contributed by atoms with E-state index >= 15 is 0 Å². The number of para-hydroxylation sites is 2. The zero-order chi connectivity index (χ0) is 10.1. The van der Waals surface area contributed by atoms with Gasteiger partial charge in [-0.3, -0.25) is 4.99 Å². The molecule has 0 heterocycles. The molecule has 1 aromatic rings. The largest absolute Gasteiger partial charge is 0.397 e. The zero-order valence-electron chi connectivity index (χ0n) is 8.25. The number of anilines is 1. The van der Waals surface area contributed by atoms with Gasteiger partial charge in [-0.25, -0.2) is 0 Å². The van der Waals surface area contributed by atoms with Crippen LogP contribution in [-0.2, 0) is 0 Å². The summed E-state index contributed by atoms with van der Waals surface area (Å²) in [7, 11) is 1.93. The molecule has 0 saturated carbocycles. The standard InChI is InChI=1S/C7H8N2.C3H9N/c1-9-7-5-3-2-4-6(7)8;1-3-4-2/h2-5H,1,8H2;4H,3H2,1-2H3. The van der Waals surface area contributed by atoms with E-state index in [1.54, 1.807) is 6.07 Å². The van der Waals surface area contributed by atoms with Gasteiger partial charge in [0.15, 0.2) is 0 Å². The van der Waals surface area contributed by atoms with Gasteiger partial charge in [0.2, 0.25) is 0 Å². The molecular weight excluding hydrogens is 162 g/mol. The first-order chi connectivity index (χ1) is 6.26. The van der Waals surface area contributed by atoms with E-state index in [1.165, 1.54) is 0 Å². The lowest BCUT2D eigenvalue weighted by Crippen LogP contribution is -2.01. The van der Waals surface area contributed by atoms with Crippen LogP contribution < -0.4 is 11.1 Å². The average Bonchev–Trinajstić information content (AvgIpc) is 2.19. The average molecular weight is 179 g/mol. The number of aliphatic imine (C=N–C) groups is 1. The highest BCUT2D eigenvalue weighted by Gasteiger charge is 1.88. The Labute approximate surface area is 79.7 Å². The molecule has 3 heteroatoms. The first-order valence-electron chi connectivity index (χ1n) is 4.22. The molecular formula is C10H17N3. The topological polar surface area (TPSA) is 50.4 Å². The molecule has 0 aliphatic carbocycles. The summed E-state index contributed by atoms with van der Waals surface area (Å²) in [6.07, 6.45) is 0. The van der Waals surface area contributed by atoms with E-state index in [-0.39, 0.29) is 0 Å². The minimum Gasteiger partial charge on any atom is -0.397 e. The molecule has 72 valence electrons. The molecule has 0 saturated heterocycles. The van der Waals surface area contributed by atoms with Crippen LogP contribution in [0.1, 0.15) is 6.92 Å². The van der Waals surface area contributed by atoms with Crippen LogP contribution >= 0.6 is 0 Å². The number of nitrogens with zero attached hydrogens (tertiary/aromatic N) is 1. The lowest BCUT2D eigenvalue weighted by molar-refractivity contribution is 0.864. The number of nitrogens with one attached hydrogen (secondary N) is 1. The Kier molecular flexibility index (Phi) is 6.55. The quantitative estimate of drug-likeness (QED) is 0.537. The van der Waals surface area contributed by atoms with Crippen LogP contribution in [-0.4, -0.2) is 20.3 Å². The van der Waals surface area contributed by atoms with Gasteiger partial charge in [-0.1, -0.05) is 19.1 Å². The van der Waals surface area contributed by atoms with Crippen molar-refractivity contribution in [2.45, 2.75) is 6.92 Å². The number of benzene rings is 1. The summed E-state index contributed by atoms with van der Waals surface area (Å²) in [5, 5.41) is 2.93. The second kappa shape index (κ2) is 7.31. The van der Waals surface area contributed by atoms with E-state index in [9.17, 15) is 0 Å². The summed E-state index contributed by atoms with van der Waals surface area (Å²) in [6.45, 7) is 6.50. The van der Waals surface area contributed by atoms with E-state index in [1.807, 2.05) is 25.2 Å². The SMILES string of the molecule is C=Nc1ccccc1N.CCNC. The lowest BCUT2D eigenvalue weighted by Gasteiger charge is -1.94. The van der Waals surface area contributed by atoms with Crippen molar-refractivity contribution in [1.29, 1.82) is 0 Å². The van der Waals surface area contributed by atoms with Gasteiger partial charge in [-0.2, -0.15) is 0 Å². The molecule has 0 fully saturated rings. The van der Waals surface area contributed by atoms with Crippen molar-refractivity contribution in [2.24, 2.45) is 4.99 Å². The molecule has 3 nitrogen and oxygen atoms in total. The Morgan fingerprint density at radius 2 is 2.00 bits per heavy atom. The third-order valence-electron chi connectivity index (χ3n) is 1.46. The lowest BCUT2D eigenvalue weighted by atomic mass is 10.3. The number of nitrogen functional groups attached to an aromatic ring is 1. The number of nitrogens with two attached hydrogens (primary N) is 1. The minimum absolute atomic E-state index is 0.674. The molecule has 0 aromatic heterocycles. The van der Waals surface area contributed by atoms with Gasteiger partial charge in [0.25, 0.3) is 0 Å². The van der Waals surface area contributed by atoms with Crippen molar-refractivity contribution in [3.63, 3.8) is 0 Å². The second-order valence-corrected chi connectivity index (χ2v) is 2.42. The molecule has 13 heavy (non-hydrogen) atoms. The summed E-state index contributed by atoms with van der Waals surface area (Å²) in [5.41, 5.74) is 6.92. The number of hydrogen-bond donors (Lipinski definition) is 2. The van der Waals surface area contributed by atoms with Gasteiger partial charge in [-0.05, 0) is 32.4 Å². The highest BCUT2D eigenvalue weighted by molar-refractivity contribution is 5.64. The maximum Gasteiger partial charge on any atom is 0.0851 e. The van der Waals surface area contributed by atoms with E-state index in [0.29, 0.717) is 5.69 Å². The summed E-state index contributed by atoms with van der Waals surface area (Å²) < 4.78 is 0. The van der Waals surface area contributed by atoms with Crippen LogP contribution in [0.2, 0.25) is 0 Å². The normalized spacial score (nSPS) is 8.46. The molecule has 0 aliphatic rings. The Balaban J connectivity index is 0.000000310. The van der Waals surface area contributed by atoms with Crippen molar-refractivity contribution in [2.75, 3.05) is 19.3 Å². The molecule has 0 atom stereocenters. The van der Waals surface area contributed by atoms with Crippen LogP contribution in [0.5, 0.6) is 0 Å². The van der Waals surface area contributed by atoms with Gasteiger partial charge in [-0.15, -0.1) is 0 Å². The molecule has 0 radical (unpaired) electrons. The zero-order valence-corrected chi connectivity index (χ0v) is 8.25. The molecule has 0 amide bonds. The Morgan fingerprint density at radius 3 is 2.31 bits per heavy atom. The van der Waals surface area contributed by atoms with Crippen molar-refractivity contribution < 1.29 is 0 Å². The van der Waals surface area contributed by atoms with Crippen LogP contribution in [0, 0.1) is 0 Å². The van der Waals surface area contributed by atoms with Gasteiger partial charge >= 0.3 is 0 Å². The van der Waals surface area contributed by atoms with Gasteiger partial charge in [0, 0.05) is 0 Å². The highest BCUT2D eigenvalue weighted by Crippen LogP contribution is 2.18. The maximum absolute atomic E-state index is 5.50. The van der Waals surface area contributed by atoms with Crippen LogP contribution in [0.15, 0.2) is 29.3 Å². The molecule has 0 bridgehead atoms. The smallest absolute Gasteiger partial charge is 0.0851 e. The predicted molar refractivity (Wildman–Crippen MR) is 59.7 cm³/mol. The molecule has 0 spiro atoms. The van der Waals surface area contributed by atoms with Crippen LogP contribution in [0.3, 0.4) is 0 Å². The third-order valence-corrected chi connectivity index (χ3v) is 1.46. The molecule has 1 rings (SSSR count). The summed E-state index contributed by atoms with van der Waals surface area (Å²) in [4.78, 5) is 3.70. The number of hydrogen-bond acceptors (Lipinski definition) is 3. The summed E-state index contributed by atoms with van der Waals surface area (Å²) in [6, 6.07) is 7.36. The predicted octanol–water partition coefficient (Wildman–Crippen LogP) is 1.83. The number of rotatable bonds is 2. The molecule has 1 aromatic carbocycles. The van der Waals surface area contributed by atoms with Crippen molar-refractivity contribution in [1.82, 2.24) is 5.32 Å². The Hall–Kier alpha value is -1.35. The monoisotopic (exact) mass is 179 g/mol. The minimum atomic E-state index is 0.674. The Morgan fingerprint density at radius 1 is 1.46 bits per heavy atom. The fraction of sp³-hybridized carbons (Fsp3) is 0.300. The Bertz CT molecular complexity index is 244. The van der Waals surface area contributed by atoms with E-state index < -0.39 is 0 Å². The highest BCUT2D eigenvalue weighted by atomic mass is 14.8. The summed E-state index contributed by atoms with van der Waals surface area (Å²) >= 11 is 0. The van der Waals surface area contributed by atoms with E-state index in [0.717, 1.165) is 12.2 Å². The molecule has 3 N–H and O–H groups in total. The van der Waals surface area contributed by atoms with Crippen molar-refractivity contribution >= 4 is 18.1 Å². The second-order valence-electron chi connectivity index (χ2n) is 2.42. The van der Waals surface area contributed by atoms with Crippen molar-refractivity contribution in [3.05, 3.63) is 24.3 Å². The van der Waals surface area contributed by atoms with Crippen LogP contribution in [0.25, 0.3) is 0 Å². The first-order valence-corrected chi connectivity index (χ1v) is 4.22. The molecule has 0 aliphatic heterocycles.